The highest BCUT2D eigenvalue weighted by Crippen LogP contribution is 2.33. The van der Waals surface area contributed by atoms with E-state index in [1.54, 1.807) is 0 Å². The molecular weight excluding hydrogens is 280 g/mol. The Bertz CT molecular complexity index is 438. The monoisotopic (exact) mass is 310 g/mol. The van der Waals surface area contributed by atoms with Gasteiger partial charge in [0, 0.05) is 28.9 Å². The van der Waals surface area contributed by atoms with E-state index in [1.807, 2.05) is 11.3 Å². The van der Waals surface area contributed by atoms with Crippen molar-refractivity contribution in [2.24, 2.45) is 11.7 Å². The Morgan fingerprint density at radius 2 is 2.05 bits per heavy atom. The highest BCUT2D eigenvalue weighted by molar-refractivity contribution is 7.12. The minimum absolute atomic E-state index is 0.195. The molecule has 1 aliphatic carbocycles. The molecule has 1 aromatic heterocycles. The molecule has 120 valence electrons. The summed E-state index contributed by atoms with van der Waals surface area (Å²) >= 11 is 1.86. The minimum atomic E-state index is 0.195. The van der Waals surface area contributed by atoms with Gasteiger partial charge in [-0.1, -0.05) is 33.6 Å². The first-order valence-corrected chi connectivity index (χ1v) is 8.94. The predicted molar refractivity (Wildman–Crippen MR) is 90.8 cm³/mol. The van der Waals surface area contributed by atoms with Crippen LogP contribution in [0.15, 0.2) is 12.1 Å². The van der Waals surface area contributed by atoms with E-state index in [2.05, 4.69) is 38.2 Å². The lowest BCUT2D eigenvalue weighted by molar-refractivity contribution is 0.146. The quantitative estimate of drug-likeness (QED) is 0.783. The van der Waals surface area contributed by atoms with Crippen LogP contribution in [0, 0.1) is 5.92 Å². The maximum atomic E-state index is 9.56. The van der Waals surface area contributed by atoms with Gasteiger partial charge in [-0.2, -0.15) is 0 Å². The largest absolute Gasteiger partial charge is 0.396 e. The molecule has 0 spiro atoms. The third-order valence-corrected chi connectivity index (χ3v) is 6.13. The number of hydrogen-bond acceptors (Lipinski definition) is 4. The van der Waals surface area contributed by atoms with Gasteiger partial charge in [0.15, 0.2) is 0 Å². The smallest absolute Gasteiger partial charge is 0.0541 e. The molecule has 1 aliphatic rings. The number of aliphatic hydroxyl groups excluding tert-OH is 1. The van der Waals surface area contributed by atoms with E-state index in [-0.39, 0.29) is 18.1 Å². The Balaban J connectivity index is 2.07. The van der Waals surface area contributed by atoms with Crippen LogP contribution in [0.1, 0.15) is 62.3 Å². The fourth-order valence-electron chi connectivity index (χ4n) is 3.11. The van der Waals surface area contributed by atoms with Gasteiger partial charge in [0.1, 0.15) is 0 Å². The molecule has 3 atom stereocenters. The van der Waals surface area contributed by atoms with Gasteiger partial charge in [0.05, 0.1) is 6.04 Å². The molecule has 1 heterocycles. The molecule has 0 radical (unpaired) electrons. The lowest BCUT2D eigenvalue weighted by atomic mass is 9.84. The summed E-state index contributed by atoms with van der Waals surface area (Å²) in [7, 11) is 0. The Hall–Kier alpha value is -0.420. The van der Waals surface area contributed by atoms with Gasteiger partial charge < -0.3 is 16.2 Å². The maximum absolute atomic E-state index is 9.56. The average Bonchev–Trinajstić information content (AvgIpc) is 2.94. The zero-order chi connectivity index (χ0) is 15.5. The van der Waals surface area contributed by atoms with Gasteiger partial charge in [-0.15, -0.1) is 11.3 Å². The summed E-state index contributed by atoms with van der Waals surface area (Å²) in [4.78, 5) is 2.73. The molecule has 2 rings (SSSR count). The topological polar surface area (TPSA) is 58.3 Å². The standard InChI is InChI=1S/C17H30N2OS/c1-17(2,3)16-9-8-15(21-16)14(10-18)19-13-7-5-4-6-12(13)11-20/h8-9,12-14,19-20H,4-7,10-11,18H2,1-3H3. The third kappa shape index (κ3) is 4.28. The molecule has 0 aliphatic heterocycles. The van der Waals surface area contributed by atoms with Crippen molar-refractivity contribution in [3.8, 4) is 0 Å². The second-order valence-electron chi connectivity index (χ2n) is 7.24. The number of nitrogens with two attached hydrogens (primary N) is 1. The van der Waals surface area contributed by atoms with E-state index in [0.717, 1.165) is 12.8 Å². The van der Waals surface area contributed by atoms with Crippen LogP contribution in [0.5, 0.6) is 0 Å². The molecule has 3 unspecified atom stereocenters. The summed E-state index contributed by atoms with van der Waals surface area (Å²) in [5, 5.41) is 13.3. The second kappa shape index (κ2) is 7.23. The molecule has 21 heavy (non-hydrogen) atoms. The number of aliphatic hydroxyl groups is 1. The van der Waals surface area contributed by atoms with E-state index in [4.69, 9.17) is 5.73 Å². The van der Waals surface area contributed by atoms with Crippen LogP contribution >= 0.6 is 11.3 Å². The predicted octanol–water partition coefficient (Wildman–Crippen LogP) is 3.19. The van der Waals surface area contributed by atoms with Crippen molar-refractivity contribution in [2.75, 3.05) is 13.2 Å². The lowest BCUT2D eigenvalue weighted by Crippen LogP contribution is -2.43. The third-order valence-electron chi connectivity index (χ3n) is 4.50. The van der Waals surface area contributed by atoms with Crippen molar-refractivity contribution >= 4 is 11.3 Å². The minimum Gasteiger partial charge on any atom is -0.396 e. The second-order valence-corrected chi connectivity index (χ2v) is 8.36. The first kappa shape index (κ1) is 16.9. The molecule has 1 saturated carbocycles. The van der Waals surface area contributed by atoms with E-state index in [9.17, 15) is 5.11 Å². The van der Waals surface area contributed by atoms with E-state index in [1.165, 1.54) is 22.6 Å². The molecule has 0 bridgehead atoms. The van der Waals surface area contributed by atoms with Gasteiger partial charge in [0.25, 0.3) is 0 Å². The van der Waals surface area contributed by atoms with E-state index < -0.39 is 0 Å². The summed E-state index contributed by atoms with van der Waals surface area (Å²) < 4.78 is 0. The summed E-state index contributed by atoms with van der Waals surface area (Å²) in [6.45, 7) is 7.63. The van der Waals surface area contributed by atoms with Crippen LogP contribution < -0.4 is 11.1 Å². The fraction of sp³-hybridized carbons (Fsp3) is 0.765. The van der Waals surface area contributed by atoms with Crippen molar-refractivity contribution in [3.05, 3.63) is 21.9 Å². The first-order chi connectivity index (χ1) is 9.95. The number of thiophene rings is 1. The molecule has 0 amide bonds. The molecule has 4 N–H and O–H groups in total. The van der Waals surface area contributed by atoms with Gasteiger partial charge in [-0.05, 0) is 36.3 Å². The number of hydrogen-bond donors (Lipinski definition) is 3. The summed E-state index contributed by atoms with van der Waals surface area (Å²) in [6.07, 6.45) is 4.77. The van der Waals surface area contributed by atoms with E-state index in [0.29, 0.717) is 18.5 Å². The summed E-state index contributed by atoms with van der Waals surface area (Å²) in [6, 6.07) is 5.06. The highest BCUT2D eigenvalue weighted by atomic mass is 32.1. The molecule has 4 heteroatoms. The Morgan fingerprint density at radius 1 is 1.33 bits per heavy atom. The van der Waals surface area contributed by atoms with Gasteiger partial charge in [-0.25, -0.2) is 0 Å². The highest BCUT2D eigenvalue weighted by Gasteiger charge is 2.27. The van der Waals surface area contributed by atoms with Crippen LogP contribution in [0.25, 0.3) is 0 Å². The zero-order valence-corrected chi connectivity index (χ0v) is 14.4. The molecule has 3 nitrogen and oxygen atoms in total. The zero-order valence-electron chi connectivity index (χ0n) is 13.6. The normalized spacial score (nSPS) is 25.0. The molecule has 1 fully saturated rings. The van der Waals surface area contributed by atoms with Crippen molar-refractivity contribution in [3.63, 3.8) is 0 Å². The molecule has 1 aromatic rings. The average molecular weight is 311 g/mol. The van der Waals surface area contributed by atoms with Crippen LogP contribution in [0.2, 0.25) is 0 Å². The molecule has 0 aromatic carbocycles. The lowest BCUT2D eigenvalue weighted by Gasteiger charge is -2.33. The SMILES string of the molecule is CC(C)(C)c1ccc(C(CN)NC2CCCCC2CO)s1. The summed E-state index contributed by atoms with van der Waals surface area (Å²) in [5.74, 6) is 0.384. The van der Waals surface area contributed by atoms with Gasteiger partial charge >= 0.3 is 0 Å². The van der Waals surface area contributed by atoms with Crippen LogP contribution in [0.4, 0.5) is 0 Å². The van der Waals surface area contributed by atoms with Crippen molar-refractivity contribution in [1.29, 1.82) is 0 Å². The molecular formula is C17H30N2OS. The number of rotatable bonds is 5. The van der Waals surface area contributed by atoms with Crippen molar-refractivity contribution < 1.29 is 5.11 Å². The van der Waals surface area contributed by atoms with Crippen LogP contribution in [-0.2, 0) is 5.41 Å². The Morgan fingerprint density at radius 3 is 2.62 bits per heavy atom. The van der Waals surface area contributed by atoms with Crippen LogP contribution in [-0.4, -0.2) is 24.3 Å². The fourth-order valence-corrected chi connectivity index (χ4v) is 4.25. The molecule has 0 saturated heterocycles. The van der Waals surface area contributed by atoms with Crippen molar-refractivity contribution in [2.45, 2.75) is 64.0 Å². The maximum Gasteiger partial charge on any atom is 0.0541 e. The van der Waals surface area contributed by atoms with Crippen LogP contribution in [0.3, 0.4) is 0 Å². The van der Waals surface area contributed by atoms with Gasteiger partial charge in [0.2, 0.25) is 0 Å². The van der Waals surface area contributed by atoms with Crippen molar-refractivity contribution in [1.82, 2.24) is 5.32 Å². The van der Waals surface area contributed by atoms with E-state index >= 15 is 0 Å². The summed E-state index contributed by atoms with van der Waals surface area (Å²) in [5.41, 5.74) is 6.20. The Labute approximate surface area is 132 Å². The number of nitrogens with one attached hydrogen (secondary N) is 1. The van der Waals surface area contributed by atoms with Gasteiger partial charge in [-0.3, -0.25) is 0 Å². The Kier molecular flexibility index (Phi) is 5.83. The first-order valence-electron chi connectivity index (χ1n) is 8.13.